The molecule has 2 rings (SSSR count). The molecular formula is C38H68N4O10S. The van der Waals surface area contributed by atoms with Crippen LogP contribution in [0.1, 0.15) is 131 Å². The van der Waals surface area contributed by atoms with Gasteiger partial charge in [0.05, 0.1) is 13.2 Å². The van der Waals surface area contributed by atoms with Crippen LogP contribution in [0.4, 0.5) is 9.59 Å². The Bertz CT molecular complexity index is 1310. The van der Waals surface area contributed by atoms with E-state index in [1.807, 2.05) is 0 Å². The van der Waals surface area contributed by atoms with Crippen LogP contribution in [0.5, 0.6) is 0 Å². The number of ether oxygens (including phenoxy) is 3. The van der Waals surface area contributed by atoms with Gasteiger partial charge in [-0.05, 0) is 115 Å². The number of hydrogen-bond donors (Lipinski definition) is 4. The first-order valence-electron chi connectivity index (χ1n) is 19.0. The molecular weight excluding hydrogens is 705 g/mol. The lowest BCUT2D eigenvalue weighted by atomic mass is 10.0. The van der Waals surface area contributed by atoms with Gasteiger partial charge in [0.2, 0.25) is 11.8 Å². The zero-order valence-electron chi connectivity index (χ0n) is 33.7. The highest BCUT2D eigenvalue weighted by Crippen LogP contribution is 2.26. The van der Waals surface area contributed by atoms with Gasteiger partial charge in [-0.2, -0.15) is 0 Å². The highest BCUT2D eigenvalue weighted by Gasteiger charge is 2.29. The van der Waals surface area contributed by atoms with Crippen molar-refractivity contribution in [3.8, 4) is 0 Å². The fraction of sp³-hybridized carbons (Fsp3) is 0.816. The normalized spacial score (nSPS) is 16.2. The van der Waals surface area contributed by atoms with E-state index < -0.39 is 51.0 Å². The summed E-state index contributed by atoms with van der Waals surface area (Å²) in [5, 5.41) is 12.3. The molecule has 0 aliphatic heterocycles. The van der Waals surface area contributed by atoms with Crippen LogP contribution in [0.25, 0.3) is 0 Å². The number of carbonyl (C=O) groups is 6. The molecule has 0 unspecified atom stereocenters. The first-order chi connectivity index (χ1) is 24.6. The van der Waals surface area contributed by atoms with Gasteiger partial charge in [0.1, 0.15) is 17.2 Å². The molecule has 0 aromatic rings. The molecule has 0 heterocycles. The average Bonchev–Trinajstić information content (AvgIpc) is 3.76. The molecule has 0 aromatic heterocycles. The summed E-state index contributed by atoms with van der Waals surface area (Å²) in [4.78, 5) is 72.1. The minimum atomic E-state index is -2.34. The Labute approximate surface area is 317 Å². The van der Waals surface area contributed by atoms with Crippen molar-refractivity contribution in [1.29, 1.82) is 0 Å². The zero-order chi connectivity index (χ0) is 40.2. The third-order valence-corrected chi connectivity index (χ3v) is 9.29. The van der Waals surface area contributed by atoms with Gasteiger partial charge in [-0.3, -0.25) is 18.6 Å². The van der Waals surface area contributed by atoms with E-state index in [-0.39, 0.29) is 29.4 Å². The summed E-state index contributed by atoms with van der Waals surface area (Å²) in [6, 6.07) is -1.30. The summed E-state index contributed by atoms with van der Waals surface area (Å²) in [6.07, 6.45) is 13.4. The molecule has 0 aromatic carbocycles. The van der Waals surface area contributed by atoms with E-state index in [4.69, 9.17) is 14.2 Å². The van der Waals surface area contributed by atoms with Crippen LogP contribution in [-0.2, 0) is 42.9 Å². The molecule has 14 nitrogen and oxygen atoms in total. The van der Waals surface area contributed by atoms with Gasteiger partial charge in [-0.15, -0.1) is 0 Å². The van der Waals surface area contributed by atoms with Gasteiger partial charge < -0.3 is 35.5 Å². The average molecular weight is 773 g/mol. The van der Waals surface area contributed by atoms with Crippen molar-refractivity contribution in [3.05, 3.63) is 0 Å². The van der Waals surface area contributed by atoms with Crippen molar-refractivity contribution >= 4 is 50.6 Å². The van der Waals surface area contributed by atoms with E-state index in [1.165, 1.54) is 25.0 Å². The van der Waals surface area contributed by atoms with E-state index in [9.17, 15) is 33.0 Å². The Morgan fingerprint density at radius 1 is 0.660 bits per heavy atom. The number of carbonyl (C=O) groups excluding carboxylic acids is 6. The van der Waals surface area contributed by atoms with Crippen LogP contribution in [-0.4, -0.2) is 101 Å². The minimum Gasteiger partial charge on any atom is -0.467 e. The summed E-state index contributed by atoms with van der Waals surface area (Å²) in [6.45, 7) is 11.7. The number of amides is 4. The number of methoxy groups -OCH3 is 1. The van der Waals surface area contributed by atoms with E-state index in [0.717, 1.165) is 51.4 Å². The van der Waals surface area contributed by atoms with Gasteiger partial charge in [0.25, 0.3) is 0 Å². The summed E-state index contributed by atoms with van der Waals surface area (Å²) in [5.41, 5.74) is -1.07. The van der Waals surface area contributed by atoms with Crippen molar-refractivity contribution < 1.29 is 47.2 Å². The molecule has 0 bridgehead atoms. The Balaban J connectivity index is 0.000000533. The quantitative estimate of drug-likeness (QED) is 0.0690. The highest BCUT2D eigenvalue weighted by molar-refractivity contribution is 8.01. The fourth-order valence-electron chi connectivity index (χ4n) is 5.95. The van der Waals surface area contributed by atoms with Crippen molar-refractivity contribution in [2.75, 3.05) is 32.7 Å². The van der Waals surface area contributed by atoms with Crippen LogP contribution in [0, 0.1) is 11.8 Å². The summed E-state index contributed by atoms with van der Waals surface area (Å²) >= 11 is 0. The standard InChI is InChI=1S/C20H36N2O5S.C18H32N2O5/c1-20(2,3)27-19(25)21-13-9-8-12-16(17(23)14-28(4,5)26)22-18(24)15-10-6-7-11-15;1-18(2,3)25-17(23)19-12-8-7-11-14(16(22)24-4)20-15(21)13-9-5-6-10-13/h14-16H,6-13H2,1-5H3,(H,21,25)(H,22,24);13-14H,5-12H2,1-4H3,(H,19,23)(H,20,21)/t16-;14-/m00/s1. The minimum absolute atomic E-state index is 0.0148. The lowest BCUT2D eigenvalue weighted by Crippen LogP contribution is -2.44. The molecule has 4 amide bonds. The predicted octanol–water partition coefficient (Wildman–Crippen LogP) is 4.80. The van der Waals surface area contributed by atoms with Crippen molar-refractivity contribution in [2.45, 2.75) is 155 Å². The first-order valence-corrected chi connectivity index (χ1v) is 21.5. The van der Waals surface area contributed by atoms with Crippen LogP contribution in [0.3, 0.4) is 0 Å². The van der Waals surface area contributed by atoms with Crippen LogP contribution < -0.4 is 21.3 Å². The molecule has 306 valence electrons. The molecule has 53 heavy (non-hydrogen) atoms. The number of ketones is 1. The predicted molar refractivity (Wildman–Crippen MR) is 207 cm³/mol. The Hall–Kier alpha value is -3.36. The second kappa shape index (κ2) is 23.4. The van der Waals surface area contributed by atoms with Gasteiger partial charge >= 0.3 is 18.2 Å². The number of alkyl carbamates (subject to hydrolysis) is 2. The van der Waals surface area contributed by atoms with Crippen molar-refractivity contribution in [2.24, 2.45) is 11.8 Å². The zero-order valence-corrected chi connectivity index (χ0v) is 34.5. The van der Waals surface area contributed by atoms with E-state index in [1.54, 1.807) is 41.5 Å². The molecule has 2 aliphatic rings. The fourth-order valence-corrected chi connectivity index (χ4v) is 6.67. The van der Waals surface area contributed by atoms with Gasteiger partial charge in [0, 0.05) is 42.8 Å². The van der Waals surface area contributed by atoms with Crippen LogP contribution in [0.15, 0.2) is 0 Å². The molecule has 2 fully saturated rings. The Morgan fingerprint density at radius 3 is 1.40 bits per heavy atom. The molecule has 0 saturated heterocycles. The number of esters is 1. The van der Waals surface area contributed by atoms with Gasteiger partial charge in [-0.25, -0.2) is 14.4 Å². The summed E-state index contributed by atoms with van der Waals surface area (Å²) < 4.78 is 27.1. The molecule has 4 N–H and O–H groups in total. The topological polar surface area (TPSA) is 195 Å². The van der Waals surface area contributed by atoms with Crippen LogP contribution >= 0.6 is 0 Å². The number of rotatable bonds is 17. The number of hydrogen-bond acceptors (Lipinski definition) is 10. The molecule has 0 radical (unpaired) electrons. The molecule has 2 atom stereocenters. The van der Waals surface area contributed by atoms with Crippen molar-refractivity contribution in [1.82, 2.24) is 21.3 Å². The van der Waals surface area contributed by atoms with Crippen LogP contribution in [0.2, 0.25) is 0 Å². The second-order valence-corrected chi connectivity index (χ2v) is 19.1. The molecule has 2 saturated carbocycles. The maximum Gasteiger partial charge on any atom is 0.407 e. The maximum absolute atomic E-state index is 12.5. The monoisotopic (exact) mass is 772 g/mol. The lowest BCUT2D eigenvalue weighted by Gasteiger charge is -2.20. The number of Topliss-reactive ketones (excluding diaryl/α,β-unsaturated/α-hetero) is 1. The number of unbranched alkanes of at least 4 members (excludes halogenated alkanes) is 2. The smallest absolute Gasteiger partial charge is 0.407 e. The largest absolute Gasteiger partial charge is 0.467 e. The van der Waals surface area contributed by atoms with E-state index in [2.05, 4.69) is 21.3 Å². The lowest BCUT2D eigenvalue weighted by molar-refractivity contribution is -0.145. The summed E-state index contributed by atoms with van der Waals surface area (Å²) in [5.74, 6) is -0.889. The van der Waals surface area contributed by atoms with Crippen molar-refractivity contribution in [3.63, 3.8) is 0 Å². The third kappa shape index (κ3) is 23.1. The number of nitrogens with one attached hydrogen (secondary N) is 4. The highest BCUT2D eigenvalue weighted by atomic mass is 32.2. The first kappa shape index (κ1) is 47.7. The van der Waals surface area contributed by atoms with Gasteiger partial charge in [-0.1, -0.05) is 25.7 Å². The maximum atomic E-state index is 12.5. The SMILES string of the molecule is CC(C)(C)OC(=O)NCCCC[C@H](NC(=O)C1CCCC1)C(=O)C=S(C)(C)=O.COC(=O)[C@H](CCCCNC(=O)OC(C)(C)C)NC(=O)C1CCCC1. The molecule has 2 aliphatic carbocycles. The molecule has 15 heteroatoms. The second-order valence-electron chi connectivity index (χ2n) is 16.3. The van der Waals surface area contributed by atoms with E-state index >= 15 is 0 Å². The Kier molecular flexibility index (Phi) is 21.1. The third-order valence-electron chi connectivity index (χ3n) is 8.49. The summed E-state index contributed by atoms with van der Waals surface area (Å²) in [7, 11) is -1.02. The van der Waals surface area contributed by atoms with E-state index in [0.29, 0.717) is 51.6 Å². The van der Waals surface area contributed by atoms with Gasteiger partial charge in [0.15, 0.2) is 5.78 Å². The Morgan fingerprint density at radius 2 is 1.04 bits per heavy atom. The molecule has 0 spiro atoms.